The minimum atomic E-state index is -4.33. The van der Waals surface area contributed by atoms with Gasteiger partial charge in [-0.15, -0.1) is 0 Å². The van der Waals surface area contributed by atoms with E-state index in [1.807, 2.05) is 0 Å². The summed E-state index contributed by atoms with van der Waals surface area (Å²) in [4.78, 5) is 28.3. The summed E-state index contributed by atoms with van der Waals surface area (Å²) in [5.41, 5.74) is 1.31. The van der Waals surface area contributed by atoms with Gasteiger partial charge in [-0.25, -0.2) is 15.0 Å². The Kier molecular flexibility index (Phi) is 6.45. The van der Waals surface area contributed by atoms with Crippen molar-refractivity contribution >= 4 is 34.4 Å². The Morgan fingerprint density at radius 3 is 2.80 bits per heavy atom. The zero-order valence-corrected chi connectivity index (χ0v) is 17.0. The van der Waals surface area contributed by atoms with Crippen LogP contribution in [0.5, 0.6) is 0 Å². The van der Waals surface area contributed by atoms with Crippen molar-refractivity contribution < 1.29 is 22.2 Å². The van der Waals surface area contributed by atoms with E-state index in [2.05, 4.69) is 30.6 Å². The van der Waals surface area contributed by atoms with Crippen LogP contribution in [-0.4, -0.2) is 44.6 Å². The average molecular weight is 447 g/mol. The van der Waals surface area contributed by atoms with E-state index in [0.717, 1.165) is 5.39 Å². The lowest BCUT2D eigenvalue weighted by Crippen LogP contribution is -2.44. The first kappa shape index (κ1) is 21.8. The van der Waals surface area contributed by atoms with Crippen LogP contribution < -0.4 is 10.6 Å². The Bertz CT molecular complexity index is 1050. The number of hydrogen-bond acceptors (Lipinski definition) is 5. The molecule has 11 heteroatoms. The summed E-state index contributed by atoms with van der Waals surface area (Å²) in [5.74, 6) is 0.0344. The number of H-pyrrole nitrogens is 1. The highest BCUT2D eigenvalue weighted by molar-refractivity contribution is 6.31. The fourth-order valence-electron chi connectivity index (χ4n) is 2.86. The SMILES string of the molecule is CC(C)[C@@H](Nc1ccnc(-c2c[nH]c3ncc(Cl)cc23)n1)C(=O)NCCC(F)(F)F.[HH].[HH].[HH]. The molecule has 3 heterocycles. The first-order valence-electron chi connectivity index (χ1n) is 9.21. The van der Waals surface area contributed by atoms with Crippen molar-refractivity contribution in [3.8, 4) is 11.4 Å². The molecule has 0 spiro atoms. The van der Waals surface area contributed by atoms with E-state index in [0.29, 0.717) is 27.9 Å². The topological polar surface area (TPSA) is 95.6 Å². The number of nitrogens with zero attached hydrogens (tertiary/aromatic N) is 3. The third-order valence-electron chi connectivity index (χ3n) is 4.35. The van der Waals surface area contributed by atoms with E-state index in [1.165, 1.54) is 12.4 Å². The summed E-state index contributed by atoms with van der Waals surface area (Å²) in [5, 5.41) is 6.52. The second-order valence-corrected chi connectivity index (χ2v) is 7.48. The van der Waals surface area contributed by atoms with Crippen molar-refractivity contribution in [2.75, 3.05) is 11.9 Å². The van der Waals surface area contributed by atoms with Gasteiger partial charge in [-0.2, -0.15) is 13.2 Å². The van der Waals surface area contributed by atoms with Gasteiger partial charge >= 0.3 is 6.18 Å². The van der Waals surface area contributed by atoms with Crippen LogP contribution in [0.25, 0.3) is 22.4 Å². The second kappa shape index (κ2) is 8.86. The molecule has 3 aromatic rings. The highest BCUT2D eigenvalue weighted by Crippen LogP contribution is 2.27. The van der Waals surface area contributed by atoms with Crippen LogP contribution in [-0.2, 0) is 4.79 Å². The van der Waals surface area contributed by atoms with E-state index in [-0.39, 0.29) is 10.2 Å². The molecular formula is C19H26ClF3N6O. The minimum Gasteiger partial charge on any atom is -0.358 e. The third-order valence-corrected chi connectivity index (χ3v) is 4.56. The molecule has 1 amide bonds. The normalized spacial score (nSPS) is 12.9. The van der Waals surface area contributed by atoms with Crippen LogP contribution in [0.3, 0.4) is 0 Å². The maximum Gasteiger partial charge on any atom is 0.390 e. The van der Waals surface area contributed by atoms with Crippen molar-refractivity contribution in [1.29, 1.82) is 0 Å². The van der Waals surface area contributed by atoms with Crippen molar-refractivity contribution in [2.24, 2.45) is 5.92 Å². The molecule has 30 heavy (non-hydrogen) atoms. The summed E-state index contributed by atoms with van der Waals surface area (Å²) in [6.45, 7) is 3.10. The summed E-state index contributed by atoms with van der Waals surface area (Å²) in [7, 11) is 0. The summed E-state index contributed by atoms with van der Waals surface area (Å²) in [6.07, 6.45) is -0.657. The van der Waals surface area contributed by atoms with Crippen molar-refractivity contribution in [3.63, 3.8) is 0 Å². The van der Waals surface area contributed by atoms with E-state index in [1.54, 1.807) is 32.2 Å². The highest BCUT2D eigenvalue weighted by atomic mass is 35.5. The molecule has 3 N–H and O–H groups in total. The highest BCUT2D eigenvalue weighted by Gasteiger charge is 2.28. The molecule has 166 valence electrons. The summed E-state index contributed by atoms with van der Waals surface area (Å²) >= 11 is 6.03. The number of nitrogens with one attached hydrogen (secondary N) is 3. The Morgan fingerprint density at radius 1 is 1.33 bits per heavy atom. The molecule has 0 saturated heterocycles. The number of carbonyl (C=O) groups is 1. The first-order chi connectivity index (χ1) is 14.1. The fraction of sp³-hybridized carbons (Fsp3) is 0.368. The van der Waals surface area contributed by atoms with Crippen LogP contribution >= 0.6 is 11.6 Å². The number of anilines is 1. The number of hydrogen-bond donors (Lipinski definition) is 3. The predicted octanol–water partition coefficient (Wildman–Crippen LogP) is 4.92. The van der Waals surface area contributed by atoms with Gasteiger partial charge in [0.05, 0.1) is 11.4 Å². The number of halogens is 4. The number of amides is 1. The van der Waals surface area contributed by atoms with Gasteiger partial charge in [-0.05, 0) is 18.1 Å². The van der Waals surface area contributed by atoms with E-state index >= 15 is 0 Å². The van der Waals surface area contributed by atoms with Gasteiger partial charge in [0.25, 0.3) is 0 Å². The van der Waals surface area contributed by atoms with E-state index in [9.17, 15) is 18.0 Å². The Morgan fingerprint density at radius 2 is 2.10 bits per heavy atom. The lowest BCUT2D eigenvalue weighted by atomic mass is 10.0. The van der Waals surface area contributed by atoms with Crippen LogP contribution in [0.15, 0.2) is 30.7 Å². The lowest BCUT2D eigenvalue weighted by Gasteiger charge is -2.22. The number of aromatic amines is 1. The summed E-state index contributed by atoms with van der Waals surface area (Å²) < 4.78 is 37.0. The number of alkyl halides is 3. The molecule has 0 aliphatic rings. The Balaban J connectivity index is 0.00000341. The van der Waals surface area contributed by atoms with Crippen molar-refractivity contribution in [3.05, 3.63) is 35.7 Å². The lowest BCUT2D eigenvalue weighted by molar-refractivity contribution is -0.135. The first-order valence-corrected chi connectivity index (χ1v) is 9.59. The average Bonchev–Trinajstić information content (AvgIpc) is 3.08. The van der Waals surface area contributed by atoms with Gasteiger partial charge < -0.3 is 15.6 Å². The third kappa shape index (κ3) is 5.38. The van der Waals surface area contributed by atoms with Crippen molar-refractivity contribution in [2.45, 2.75) is 32.5 Å². The smallest absolute Gasteiger partial charge is 0.358 e. The van der Waals surface area contributed by atoms with E-state index in [4.69, 9.17) is 11.6 Å². The predicted molar refractivity (Wildman–Crippen MR) is 114 cm³/mol. The number of carbonyl (C=O) groups excluding carboxylic acids is 1. The van der Waals surface area contributed by atoms with Gasteiger partial charge in [-0.3, -0.25) is 4.79 Å². The fourth-order valence-corrected chi connectivity index (χ4v) is 3.02. The van der Waals surface area contributed by atoms with Gasteiger partial charge in [-0.1, -0.05) is 25.4 Å². The zero-order chi connectivity index (χ0) is 21.9. The molecule has 7 nitrogen and oxygen atoms in total. The van der Waals surface area contributed by atoms with Gasteiger partial charge in [0.15, 0.2) is 5.82 Å². The molecule has 0 aliphatic carbocycles. The van der Waals surface area contributed by atoms with Crippen LogP contribution in [0, 0.1) is 5.92 Å². The van der Waals surface area contributed by atoms with Crippen molar-refractivity contribution in [1.82, 2.24) is 25.3 Å². The maximum absolute atomic E-state index is 12.4. The molecule has 0 fully saturated rings. The molecule has 0 saturated carbocycles. The number of fused-ring (bicyclic) bond motifs is 1. The van der Waals surface area contributed by atoms with E-state index < -0.39 is 31.1 Å². The quantitative estimate of drug-likeness (QED) is 0.479. The second-order valence-electron chi connectivity index (χ2n) is 7.04. The molecule has 0 bridgehead atoms. The number of aromatic nitrogens is 4. The van der Waals surface area contributed by atoms with Gasteiger partial charge in [0.1, 0.15) is 17.5 Å². The van der Waals surface area contributed by atoms with Crippen LogP contribution in [0.1, 0.15) is 24.5 Å². The molecule has 1 atom stereocenters. The molecule has 3 aromatic heterocycles. The van der Waals surface area contributed by atoms with Gasteiger partial charge in [0, 0.05) is 40.4 Å². The number of pyridine rings is 1. The number of rotatable bonds is 7. The van der Waals surface area contributed by atoms with Crippen LogP contribution in [0.2, 0.25) is 5.02 Å². The minimum absolute atomic E-state index is 0. The Hall–Kier alpha value is -2.88. The molecule has 0 aliphatic heterocycles. The standard InChI is InChI=1S/C19H20ClF3N6O.3H2/c1-10(2)15(18(30)25-6-4-19(21,22)23)28-14-3-5-24-17(29-14)13-9-27-16-12(13)7-11(20)8-26-16;;;/h3,5,7-10,15H,4,6H2,1-2H3,(H,25,30)(H,26,27)(H,24,28,29);3*1H/t15-;;;/m1.../s1. The zero-order valence-electron chi connectivity index (χ0n) is 16.2. The Labute approximate surface area is 179 Å². The summed E-state index contributed by atoms with van der Waals surface area (Å²) in [6, 6.07) is 2.56. The molecule has 0 unspecified atom stereocenters. The largest absolute Gasteiger partial charge is 0.390 e. The molecule has 0 radical (unpaired) electrons. The molecular weight excluding hydrogens is 421 g/mol. The van der Waals surface area contributed by atoms with Gasteiger partial charge in [0.2, 0.25) is 5.91 Å². The molecule has 3 rings (SSSR count). The monoisotopic (exact) mass is 446 g/mol. The van der Waals surface area contributed by atoms with Crippen LogP contribution in [0.4, 0.5) is 19.0 Å². The maximum atomic E-state index is 12.4. The molecule has 0 aromatic carbocycles.